The topological polar surface area (TPSA) is 84.7 Å². The van der Waals surface area contributed by atoms with E-state index < -0.39 is 0 Å². The maximum atomic E-state index is 12.6. The molecule has 0 spiro atoms. The van der Waals surface area contributed by atoms with Gasteiger partial charge in [-0.15, -0.1) is 0 Å². The highest BCUT2D eigenvalue weighted by Gasteiger charge is 2.31. The summed E-state index contributed by atoms with van der Waals surface area (Å²) in [7, 11) is 2.18. The Morgan fingerprint density at radius 2 is 2.06 bits per heavy atom. The molecule has 0 saturated carbocycles. The van der Waals surface area contributed by atoms with E-state index in [-0.39, 0.29) is 6.54 Å². The first-order valence-corrected chi connectivity index (χ1v) is 12.3. The molecular formula is C25H31ClN7O+. The minimum atomic E-state index is 0.262. The van der Waals surface area contributed by atoms with E-state index in [1.165, 1.54) is 12.8 Å². The number of likely N-dealkylation sites (tertiary alicyclic amines) is 1. The molecule has 1 aromatic heterocycles. The van der Waals surface area contributed by atoms with Gasteiger partial charge in [-0.3, -0.25) is 0 Å². The van der Waals surface area contributed by atoms with Crippen molar-refractivity contribution in [1.29, 1.82) is 0 Å². The predicted molar refractivity (Wildman–Crippen MR) is 137 cm³/mol. The van der Waals surface area contributed by atoms with Gasteiger partial charge >= 0.3 is 0 Å². The van der Waals surface area contributed by atoms with Gasteiger partial charge in [-0.1, -0.05) is 11.6 Å². The molecule has 0 amide bonds. The fourth-order valence-corrected chi connectivity index (χ4v) is 4.92. The molecule has 9 heteroatoms. The normalized spacial score (nSPS) is 21.3. The van der Waals surface area contributed by atoms with Crippen molar-refractivity contribution in [3.8, 4) is 0 Å². The Balaban J connectivity index is 1.25. The number of guanidine groups is 1. The van der Waals surface area contributed by atoms with Crippen molar-refractivity contribution >= 4 is 29.1 Å². The van der Waals surface area contributed by atoms with Crippen LogP contribution in [0.3, 0.4) is 0 Å². The predicted octanol–water partition coefficient (Wildman–Crippen LogP) is 4.25. The van der Waals surface area contributed by atoms with Gasteiger partial charge in [-0.25, -0.2) is 9.98 Å². The second-order valence-corrected chi connectivity index (χ2v) is 9.91. The van der Waals surface area contributed by atoms with Crippen LogP contribution in [0.1, 0.15) is 31.4 Å². The number of anilines is 2. The molecule has 5 rings (SSSR count). The second-order valence-electron chi connectivity index (χ2n) is 9.43. The zero-order valence-corrected chi connectivity index (χ0v) is 20.5. The number of fused-ring (bicyclic) bond motifs is 1. The standard InChI is InChI=1S/C25H31ClN7O/c1-16-21(4-6-24(29-16)27-13-17-7-9-32(2)10-8-17)30-25-28-14-19-15-33(34)23-5-3-20(26)11-18(23)12-22(19)31-25/h4,6,11-12,14,17H,3,5,7-10,13,15H2,1-2H3,(H,27,29)(H2,28,30,31)/q+1. The molecule has 0 aromatic carbocycles. The molecule has 1 aromatic rings. The smallest absolute Gasteiger partial charge is 0.240 e. The number of nitrogens with one attached hydrogen (secondary N) is 3. The van der Waals surface area contributed by atoms with Crippen LogP contribution in [0.2, 0.25) is 0 Å². The number of aryl methyl sites for hydroxylation is 1. The summed E-state index contributed by atoms with van der Waals surface area (Å²) < 4.78 is 1.05. The number of rotatable bonds is 4. The molecule has 4 aliphatic rings. The van der Waals surface area contributed by atoms with E-state index in [4.69, 9.17) is 16.6 Å². The van der Waals surface area contributed by atoms with E-state index >= 15 is 0 Å². The highest BCUT2D eigenvalue weighted by molar-refractivity contribution is 6.29. The van der Waals surface area contributed by atoms with Gasteiger partial charge in [0.05, 0.1) is 22.7 Å². The summed E-state index contributed by atoms with van der Waals surface area (Å²) in [4.78, 5) is 24.3. The van der Waals surface area contributed by atoms with E-state index in [1.54, 1.807) is 6.20 Å². The Morgan fingerprint density at radius 3 is 2.85 bits per heavy atom. The van der Waals surface area contributed by atoms with Crippen LogP contribution in [-0.2, 0) is 0 Å². The molecule has 1 fully saturated rings. The van der Waals surface area contributed by atoms with E-state index in [0.717, 1.165) is 69.2 Å². The van der Waals surface area contributed by atoms with Crippen LogP contribution in [-0.4, -0.2) is 53.8 Å². The SMILES string of the molecule is Cc1nc(NCC2CCN(C)CC2)ccc1NC1=NC=C2C[N+](=O)C3=C(C=C(Cl)CC3)C=C2N1. The van der Waals surface area contributed by atoms with Crippen LogP contribution in [0.15, 0.2) is 63.0 Å². The Morgan fingerprint density at radius 1 is 1.24 bits per heavy atom. The van der Waals surface area contributed by atoms with Crippen LogP contribution in [0.4, 0.5) is 11.5 Å². The molecular weight excluding hydrogens is 450 g/mol. The van der Waals surface area contributed by atoms with Crippen molar-refractivity contribution in [3.05, 3.63) is 68.7 Å². The summed E-state index contributed by atoms with van der Waals surface area (Å²) in [5.74, 6) is 2.18. The summed E-state index contributed by atoms with van der Waals surface area (Å²) >= 11 is 6.24. The highest BCUT2D eigenvalue weighted by Crippen LogP contribution is 2.32. The van der Waals surface area contributed by atoms with E-state index in [0.29, 0.717) is 24.7 Å². The average Bonchev–Trinajstić information content (AvgIpc) is 2.95. The van der Waals surface area contributed by atoms with Gasteiger partial charge in [-0.2, -0.15) is 0 Å². The molecule has 178 valence electrons. The number of piperidine rings is 1. The van der Waals surface area contributed by atoms with Crippen LogP contribution >= 0.6 is 11.6 Å². The summed E-state index contributed by atoms with van der Waals surface area (Å²) in [6.07, 6.45) is 9.42. The lowest BCUT2D eigenvalue weighted by molar-refractivity contribution is -0.493. The van der Waals surface area contributed by atoms with Crippen molar-refractivity contribution in [3.63, 3.8) is 0 Å². The quantitative estimate of drug-likeness (QED) is 0.559. The summed E-state index contributed by atoms with van der Waals surface area (Å²) in [5.41, 5.74) is 5.10. The maximum Gasteiger partial charge on any atom is 0.240 e. The lowest BCUT2D eigenvalue weighted by atomic mass is 9.97. The average molecular weight is 481 g/mol. The first-order valence-electron chi connectivity index (χ1n) is 11.9. The molecule has 0 bridgehead atoms. The Labute approximate surface area is 205 Å². The van der Waals surface area contributed by atoms with Gasteiger partial charge in [0, 0.05) is 39.4 Å². The van der Waals surface area contributed by atoms with Gasteiger partial charge in [0.1, 0.15) is 5.82 Å². The first-order chi connectivity index (χ1) is 16.4. The minimum absolute atomic E-state index is 0.262. The van der Waals surface area contributed by atoms with Crippen LogP contribution in [0.5, 0.6) is 0 Å². The molecule has 3 N–H and O–H groups in total. The Bertz CT molecular complexity index is 1160. The lowest BCUT2D eigenvalue weighted by Gasteiger charge is -2.29. The molecule has 8 nitrogen and oxygen atoms in total. The molecule has 1 aliphatic carbocycles. The van der Waals surface area contributed by atoms with Crippen molar-refractivity contribution in [1.82, 2.24) is 15.2 Å². The third-order valence-corrected chi connectivity index (χ3v) is 7.16. The van der Waals surface area contributed by atoms with Crippen LogP contribution < -0.4 is 16.0 Å². The molecule has 3 aliphatic heterocycles. The van der Waals surface area contributed by atoms with Crippen LogP contribution in [0.25, 0.3) is 0 Å². The number of nitroso groups, excluding NO2 is 1. The Kier molecular flexibility index (Phi) is 6.52. The van der Waals surface area contributed by atoms with Gasteiger partial charge < -0.3 is 20.9 Å². The minimum Gasteiger partial charge on any atom is -0.370 e. The summed E-state index contributed by atoms with van der Waals surface area (Å²) in [6.45, 7) is 5.53. The number of hydrogen-bond acceptors (Lipinski definition) is 7. The molecule has 0 unspecified atom stereocenters. The van der Waals surface area contributed by atoms with Crippen molar-refractivity contribution < 1.29 is 4.76 Å². The number of aromatic nitrogens is 1. The fourth-order valence-electron chi connectivity index (χ4n) is 4.71. The fraction of sp³-hybridized carbons (Fsp3) is 0.440. The number of hydrogen-bond donors (Lipinski definition) is 3. The van der Waals surface area contributed by atoms with Crippen molar-refractivity contribution in [2.75, 3.05) is 43.9 Å². The third kappa shape index (κ3) is 5.08. The number of aliphatic imine (C=N–C) groups is 1. The molecule has 34 heavy (non-hydrogen) atoms. The summed E-state index contributed by atoms with van der Waals surface area (Å²) in [6, 6.07) is 4.02. The highest BCUT2D eigenvalue weighted by atomic mass is 35.5. The van der Waals surface area contributed by atoms with E-state index in [1.807, 2.05) is 31.2 Å². The van der Waals surface area contributed by atoms with Gasteiger partial charge in [0.2, 0.25) is 18.2 Å². The van der Waals surface area contributed by atoms with Gasteiger partial charge in [0.25, 0.3) is 0 Å². The molecule has 0 radical (unpaired) electrons. The van der Waals surface area contributed by atoms with Crippen molar-refractivity contribution in [2.24, 2.45) is 10.9 Å². The van der Waals surface area contributed by atoms with Crippen molar-refractivity contribution in [2.45, 2.75) is 32.6 Å². The maximum absolute atomic E-state index is 12.6. The Hall–Kier alpha value is -2.97. The number of halogens is 1. The second kappa shape index (κ2) is 9.72. The summed E-state index contributed by atoms with van der Waals surface area (Å²) in [5, 5.41) is 10.9. The first kappa shape index (κ1) is 22.8. The zero-order valence-electron chi connectivity index (χ0n) is 19.7. The molecule has 1 saturated heterocycles. The number of allylic oxidation sites excluding steroid dienone is 5. The third-order valence-electron chi connectivity index (χ3n) is 6.86. The lowest BCUT2D eigenvalue weighted by Crippen LogP contribution is -2.34. The van der Waals surface area contributed by atoms with E-state index in [2.05, 4.69) is 32.9 Å². The van der Waals surface area contributed by atoms with Gasteiger partial charge in [-0.05, 0) is 76.5 Å². The molecule has 0 atom stereocenters. The number of pyridine rings is 1. The van der Waals surface area contributed by atoms with Crippen LogP contribution in [0, 0.1) is 17.7 Å². The largest absolute Gasteiger partial charge is 0.370 e. The van der Waals surface area contributed by atoms with Gasteiger partial charge in [0.15, 0.2) is 0 Å². The zero-order chi connectivity index (χ0) is 23.7. The monoisotopic (exact) mass is 480 g/mol. The number of nitrogens with zero attached hydrogens (tertiary/aromatic N) is 4. The molecule has 4 heterocycles. The van der Waals surface area contributed by atoms with E-state index in [9.17, 15) is 4.91 Å².